The van der Waals surface area contributed by atoms with Crippen LogP contribution in [0.15, 0.2) is 0 Å². The van der Waals surface area contributed by atoms with Crippen LogP contribution in [0.5, 0.6) is 0 Å². The summed E-state index contributed by atoms with van der Waals surface area (Å²) in [5, 5.41) is 10.6. The molecule has 198 valence electrons. The third-order valence-corrected chi connectivity index (χ3v) is 12.8. The molecule has 2 spiro atoms. The highest BCUT2D eigenvalue weighted by Crippen LogP contribution is 2.89. The summed E-state index contributed by atoms with van der Waals surface area (Å²) in [4.78, 5) is 14.5. The van der Waals surface area contributed by atoms with Gasteiger partial charge in [0, 0.05) is 12.5 Å². The van der Waals surface area contributed by atoms with Gasteiger partial charge in [0.05, 0.1) is 25.4 Å². The van der Waals surface area contributed by atoms with Gasteiger partial charge < -0.3 is 19.5 Å². The lowest BCUT2D eigenvalue weighted by molar-refractivity contribution is -0.244. The van der Waals surface area contributed by atoms with Crippen molar-refractivity contribution in [3.05, 3.63) is 0 Å². The van der Waals surface area contributed by atoms with Gasteiger partial charge in [-0.3, -0.25) is 4.79 Å². The van der Waals surface area contributed by atoms with E-state index in [-0.39, 0.29) is 35.7 Å². The van der Waals surface area contributed by atoms with Crippen molar-refractivity contribution in [2.75, 3.05) is 19.7 Å². The molecule has 0 radical (unpaired) electrons. The van der Waals surface area contributed by atoms with E-state index in [2.05, 4.69) is 27.7 Å². The number of aliphatic hydroxyl groups excluding tert-OH is 1. The SMILES string of the molecule is CC(C)C(=O)N1CCOC(O[C@H]2CC[C@@]34C(CC[C@H]5C6C[C@@H](O)C[C@@]6(C)CC[C@]53[C@@H]4C)C2(C)C)C1. The molecule has 0 aromatic carbocycles. The number of ether oxygens (including phenoxy) is 2. The summed E-state index contributed by atoms with van der Waals surface area (Å²) >= 11 is 0. The maximum Gasteiger partial charge on any atom is 0.225 e. The molecule has 35 heavy (non-hydrogen) atoms. The summed E-state index contributed by atoms with van der Waals surface area (Å²) < 4.78 is 12.8. The van der Waals surface area contributed by atoms with Crippen molar-refractivity contribution < 1.29 is 19.4 Å². The van der Waals surface area contributed by atoms with Gasteiger partial charge in [0.2, 0.25) is 5.91 Å². The maximum absolute atomic E-state index is 12.6. The minimum Gasteiger partial charge on any atom is -0.393 e. The van der Waals surface area contributed by atoms with E-state index in [1.165, 1.54) is 32.1 Å². The quantitative estimate of drug-likeness (QED) is 0.591. The molecule has 0 aromatic heterocycles. The lowest BCUT2D eigenvalue weighted by atomic mass is 9.47. The van der Waals surface area contributed by atoms with Crippen LogP contribution in [0.25, 0.3) is 0 Å². The van der Waals surface area contributed by atoms with Crippen LogP contribution < -0.4 is 0 Å². The van der Waals surface area contributed by atoms with E-state index >= 15 is 0 Å². The smallest absolute Gasteiger partial charge is 0.225 e. The molecule has 6 rings (SSSR count). The maximum atomic E-state index is 12.6. The molecule has 1 heterocycles. The van der Waals surface area contributed by atoms with Crippen molar-refractivity contribution in [3.63, 3.8) is 0 Å². The molecular weight excluding hydrogens is 438 g/mol. The molecule has 10 atom stereocenters. The topological polar surface area (TPSA) is 59.0 Å². The van der Waals surface area contributed by atoms with Gasteiger partial charge in [-0.2, -0.15) is 0 Å². The Labute approximate surface area is 212 Å². The summed E-state index contributed by atoms with van der Waals surface area (Å²) in [5.41, 5.74) is 1.42. The molecular formula is C30H49NO4. The fraction of sp³-hybridized carbons (Fsp3) is 0.967. The van der Waals surface area contributed by atoms with E-state index in [0.717, 1.165) is 31.1 Å². The Hall–Kier alpha value is -0.650. The second-order valence-electron chi connectivity index (χ2n) is 14.6. The predicted octanol–water partition coefficient (Wildman–Crippen LogP) is 5.25. The largest absolute Gasteiger partial charge is 0.393 e. The van der Waals surface area contributed by atoms with Gasteiger partial charge in [0.15, 0.2) is 6.29 Å². The Morgan fingerprint density at radius 3 is 2.57 bits per heavy atom. The van der Waals surface area contributed by atoms with Crippen molar-refractivity contribution in [1.29, 1.82) is 0 Å². The molecule has 5 heteroatoms. The molecule has 1 amide bonds. The number of carbonyl (C=O) groups excluding carboxylic acids is 1. The molecule has 3 unspecified atom stereocenters. The van der Waals surface area contributed by atoms with Crippen LogP contribution in [0.1, 0.15) is 92.9 Å². The molecule has 0 bridgehead atoms. The normalized spacial score (nSPS) is 52.3. The van der Waals surface area contributed by atoms with E-state index in [9.17, 15) is 9.90 Å². The highest BCUT2D eigenvalue weighted by molar-refractivity contribution is 5.78. The molecule has 0 aromatic rings. The highest BCUT2D eigenvalue weighted by atomic mass is 16.7. The average Bonchev–Trinajstić information content (AvgIpc) is 3.16. The van der Waals surface area contributed by atoms with E-state index in [1.807, 2.05) is 18.7 Å². The second kappa shape index (κ2) is 7.93. The van der Waals surface area contributed by atoms with Gasteiger partial charge in [0.25, 0.3) is 0 Å². The Kier molecular flexibility index (Phi) is 5.59. The number of hydrogen-bond acceptors (Lipinski definition) is 4. The fourth-order valence-corrected chi connectivity index (χ4v) is 11.3. The average molecular weight is 488 g/mol. The summed E-state index contributed by atoms with van der Waals surface area (Å²) in [6, 6.07) is 0. The molecule has 6 fully saturated rings. The van der Waals surface area contributed by atoms with E-state index in [1.54, 1.807) is 0 Å². The van der Waals surface area contributed by atoms with Gasteiger partial charge in [-0.05, 0) is 96.7 Å². The molecule has 5 aliphatic carbocycles. The van der Waals surface area contributed by atoms with Gasteiger partial charge in [0.1, 0.15) is 0 Å². The number of morpholine rings is 1. The van der Waals surface area contributed by atoms with Gasteiger partial charge >= 0.3 is 0 Å². The Morgan fingerprint density at radius 2 is 1.83 bits per heavy atom. The number of hydrogen-bond donors (Lipinski definition) is 1. The third-order valence-electron chi connectivity index (χ3n) is 12.8. The third kappa shape index (κ3) is 3.19. The Morgan fingerprint density at radius 1 is 1.06 bits per heavy atom. The minimum absolute atomic E-state index is 0.0146. The Bertz CT molecular complexity index is 872. The first kappa shape index (κ1) is 24.7. The van der Waals surface area contributed by atoms with Crippen LogP contribution in [0.4, 0.5) is 0 Å². The highest BCUT2D eigenvalue weighted by Gasteiger charge is 2.84. The zero-order valence-electron chi connectivity index (χ0n) is 23.0. The van der Waals surface area contributed by atoms with E-state index in [4.69, 9.17) is 9.47 Å². The van der Waals surface area contributed by atoms with Gasteiger partial charge in [-0.1, -0.05) is 41.5 Å². The first-order valence-corrected chi connectivity index (χ1v) is 14.7. The zero-order valence-corrected chi connectivity index (χ0v) is 23.0. The van der Waals surface area contributed by atoms with Crippen molar-refractivity contribution in [2.24, 2.45) is 51.2 Å². The number of amides is 1. The second-order valence-corrected chi connectivity index (χ2v) is 14.6. The molecule has 5 saturated carbocycles. The summed E-state index contributed by atoms with van der Waals surface area (Å²) in [7, 11) is 0. The van der Waals surface area contributed by atoms with Crippen LogP contribution in [0.2, 0.25) is 0 Å². The number of aliphatic hydroxyl groups is 1. The number of carbonyl (C=O) groups is 1. The van der Waals surface area contributed by atoms with E-state index < -0.39 is 0 Å². The van der Waals surface area contributed by atoms with Crippen molar-refractivity contribution in [1.82, 2.24) is 4.90 Å². The summed E-state index contributed by atoms with van der Waals surface area (Å²) in [6.07, 6.45) is 9.54. The number of nitrogens with zero attached hydrogens (tertiary/aromatic N) is 1. The Balaban J connectivity index is 1.21. The number of fused-ring (bicyclic) bond motifs is 2. The molecule has 1 saturated heterocycles. The predicted molar refractivity (Wildman–Crippen MR) is 135 cm³/mol. The summed E-state index contributed by atoms with van der Waals surface area (Å²) in [5.74, 6) is 3.21. The number of rotatable bonds is 3. The monoisotopic (exact) mass is 487 g/mol. The van der Waals surface area contributed by atoms with Crippen molar-refractivity contribution in [3.8, 4) is 0 Å². The molecule has 1 aliphatic heterocycles. The first-order chi connectivity index (χ1) is 16.5. The summed E-state index contributed by atoms with van der Waals surface area (Å²) in [6.45, 7) is 15.7. The van der Waals surface area contributed by atoms with Crippen molar-refractivity contribution in [2.45, 2.75) is 111 Å². The molecule has 1 N–H and O–H groups in total. The van der Waals surface area contributed by atoms with Crippen LogP contribution in [-0.4, -0.2) is 54.1 Å². The molecule has 5 nitrogen and oxygen atoms in total. The van der Waals surface area contributed by atoms with Crippen LogP contribution in [0.3, 0.4) is 0 Å². The van der Waals surface area contributed by atoms with Crippen LogP contribution in [-0.2, 0) is 14.3 Å². The lowest BCUT2D eigenvalue weighted by Crippen LogP contribution is -2.56. The first-order valence-electron chi connectivity index (χ1n) is 14.7. The standard InChI is InChI=1S/C30H49NO4/c1-18(2)26(33)31-13-14-34-25(17-31)35-24-9-10-30-19(3)29(30)12-11-28(6)16-20(32)15-22(28)21(29)7-8-23(30)27(24,4)5/h18-25,32H,7-17H2,1-6H3/t19-,20+,21-,22?,23?,24-,25?,28+,29-,30+/m0/s1. The molecule has 6 aliphatic rings. The van der Waals surface area contributed by atoms with Crippen LogP contribution >= 0.6 is 0 Å². The minimum atomic E-state index is -0.304. The van der Waals surface area contributed by atoms with Gasteiger partial charge in [-0.25, -0.2) is 0 Å². The zero-order chi connectivity index (χ0) is 25.0. The van der Waals surface area contributed by atoms with Gasteiger partial charge in [-0.15, -0.1) is 0 Å². The van der Waals surface area contributed by atoms with Crippen molar-refractivity contribution >= 4 is 5.91 Å². The van der Waals surface area contributed by atoms with E-state index in [0.29, 0.717) is 47.8 Å². The van der Waals surface area contributed by atoms with Crippen LogP contribution in [0, 0.1) is 51.2 Å². The fourth-order valence-electron chi connectivity index (χ4n) is 11.3. The lowest BCUT2D eigenvalue weighted by Gasteiger charge is -2.59.